The molecule has 0 bridgehead atoms. The van der Waals surface area contributed by atoms with E-state index in [1.165, 1.54) is 0 Å². The van der Waals surface area contributed by atoms with E-state index in [4.69, 9.17) is 18.9 Å². The molecule has 3 aromatic rings. The quantitative estimate of drug-likeness (QED) is 0.500. The molecule has 0 saturated heterocycles. The standard InChI is InChI=1S/C20H23N5O4/c1-26-15-5-7-16(8-6-15)29-11-10-21-19-13-22-25-20(24-19)23-14-4-9-17(27-2)18(12-14)28-3/h4-9,12-13H,10-11H2,1-3H3,(H2,21,23,24,25). The van der Waals surface area contributed by atoms with E-state index >= 15 is 0 Å². The molecule has 0 aliphatic heterocycles. The van der Waals surface area contributed by atoms with Crippen LogP contribution in [0.15, 0.2) is 48.7 Å². The van der Waals surface area contributed by atoms with Crippen LogP contribution < -0.4 is 29.6 Å². The molecule has 0 aliphatic rings. The van der Waals surface area contributed by atoms with Crippen LogP contribution in [-0.2, 0) is 0 Å². The molecule has 0 radical (unpaired) electrons. The summed E-state index contributed by atoms with van der Waals surface area (Å²) in [6.07, 6.45) is 1.55. The molecule has 0 fully saturated rings. The van der Waals surface area contributed by atoms with Gasteiger partial charge >= 0.3 is 0 Å². The van der Waals surface area contributed by atoms with E-state index in [1.807, 2.05) is 30.3 Å². The van der Waals surface area contributed by atoms with Gasteiger partial charge in [0.1, 0.15) is 18.1 Å². The highest BCUT2D eigenvalue weighted by Gasteiger charge is 2.07. The fourth-order valence-electron chi connectivity index (χ4n) is 2.50. The number of benzene rings is 2. The summed E-state index contributed by atoms with van der Waals surface area (Å²) in [5.41, 5.74) is 0.754. The SMILES string of the molecule is COc1ccc(OCCNc2cnnc(Nc3ccc(OC)c(OC)c3)n2)cc1. The number of rotatable bonds is 10. The molecule has 0 saturated carbocycles. The number of nitrogens with zero attached hydrogens (tertiary/aromatic N) is 3. The largest absolute Gasteiger partial charge is 0.497 e. The molecule has 29 heavy (non-hydrogen) atoms. The van der Waals surface area contributed by atoms with Crippen LogP contribution in [0.4, 0.5) is 17.5 Å². The number of methoxy groups -OCH3 is 3. The Morgan fingerprint density at radius 1 is 0.862 bits per heavy atom. The third-order valence-electron chi connectivity index (χ3n) is 3.93. The molecular formula is C20H23N5O4. The van der Waals surface area contributed by atoms with E-state index in [1.54, 1.807) is 39.7 Å². The smallest absolute Gasteiger partial charge is 0.249 e. The molecule has 0 amide bonds. The minimum atomic E-state index is 0.360. The maximum Gasteiger partial charge on any atom is 0.249 e. The monoisotopic (exact) mass is 397 g/mol. The highest BCUT2D eigenvalue weighted by Crippen LogP contribution is 2.30. The first-order valence-corrected chi connectivity index (χ1v) is 8.91. The Labute approximate surface area is 169 Å². The van der Waals surface area contributed by atoms with Gasteiger partial charge in [-0.1, -0.05) is 0 Å². The van der Waals surface area contributed by atoms with Gasteiger partial charge < -0.3 is 29.6 Å². The summed E-state index contributed by atoms with van der Waals surface area (Å²) in [5.74, 6) is 3.75. The fraction of sp³-hybridized carbons (Fsp3) is 0.250. The molecule has 1 heterocycles. The number of anilines is 3. The van der Waals surface area contributed by atoms with E-state index < -0.39 is 0 Å². The van der Waals surface area contributed by atoms with Crippen molar-refractivity contribution in [3.8, 4) is 23.0 Å². The predicted molar refractivity (Wildman–Crippen MR) is 110 cm³/mol. The summed E-state index contributed by atoms with van der Waals surface area (Å²) in [7, 11) is 4.80. The summed E-state index contributed by atoms with van der Waals surface area (Å²) in [6.45, 7) is 1.02. The Bertz CT molecular complexity index is 921. The second kappa shape index (κ2) is 9.98. The van der Waals surface area contributed by atoms with Crippen molar-refractivity contribution in [2.24, 2.45) is 0 Å². The van der Waals surface area contributed by atoms with E-state index in [2.05, 4.69) is 25.8 Å². The highest BCUT2D eigenvalue weighted by atomic mass is 16.5. The van der Waals surface area contributed by atoms with Crippen molar-refractivity contribution in [1.29, 1.82) is 0 Å². The number of hydrogen-bond acceptors (Lipinski definition) is 9. The molecule has 9 nitrogen and oxygen atoms in total. The number of aromatic nitrogens is 3. The summed E-state index contributed by atoms with van der Waals surface area (Å²) in [6, 6.07) is 12.9. The minimum Gasteiger partial charge on any atom is -0.497 e. The van der Waals surface area contributed by atoms with Crippen LogP contribution in [0.25, 0.3) is 0 Å². The molecule has 152 valence electrons. The zero-order valence-electron chi connectivity index (χ0n) is 16.5. The highest BCUT2D eigenvalue weighted by molar-refractivity contribution is 5.60. The van der Waals surface area contributed by atoms with Crippen LogP contribution in [0, 0.1) is 0 Å². The Kier molecular flexibility index (Phi) is 6.88. The van der Waals surface area contributed by atoms with Crippen LogP contribution in [-0.4, -0.2) is 49.7 Å². The molecular weight excluding hydrogens is 374 g/mol. The first kappa shape index (κ1) is 20.0. The van der Waals surface area contributed by atoms with Gasteiger partial charge in [0, 0.05) is 11.8 Å². The summed E-state index contributed by atoms with van der Waals surface area (Å²) < 4.78 is 21.3. The summed E-state index contributed by atoms with van der Waals surface area (Å²) in [4.78, 5) is 4.39. The van der Waals surface area contributed by atoms with Gasteiger partial charge in [-0.25, -0.2) is 0 Å². The number of ether oxygens (including phenoxy) is 4. The number of nitrogens with one attached hydrogen (secondary N) is 2. The number of hydrogen-bond donors (Lipinski definition) is 2. The topological polar surface area (TPSA) is 99.7 Å². The molecule has 3 rings (SSSR count). The second-order valence-corrected chi connectivity index (χ2v) is 5.81. The van der Waals surface area contributed by atoms with Crippen LogP contribution in [0.2, 0.25) is 0 Å². The first-order chi connectivity index (χ1) is 14.2. The molecule has 0 unspecified atom stereocenters. The summed E-state index contributed by atoms with van der Waals surface area (Å²) in [5, 5.41) is 14.2. The van der Waals surface area contributed by atoms with Crippen LogP contribution in [0.3, 0.4) is 0 Å². The molecule has 0 spiro atoms. The van der Waals surface area contributed by atoms with E-state index in [9.17, 15) is 0 Å². The minimum absolute atomic E-state index is 0.360. The third kappa shape index (κ3) is 5.61. The van der Waals surface area contributed by atoms with Crippen molar-refractivity contribution < 1.29 is 18.9 Å². The predicted octanol–water partition coefficient (Wildman–Crippen LogP) is 3.13. The van der Waals surface area contributed by atoms with Gasteiger partial charge in [-0.2, -0.15) is 10.1 Å². The average Bonchev–Trinajstić information content (AvgIpc) is 2.77. The Morgan fingerprint density at radius 3 is 2.34 bits per heavy atom. The molecule has 9 heteroatoms. The first-order valence-electron chi connectivity index (χ1n) is 8.91. The third-order valence-corrected chi connectivity index (χ3v) is 3.93. The maximum absolute atomic E-state index is 5.68. The van der Waals surface area contributed by atoms with Gasteiger partial charge in [-0.05, 0) is 36.4 Å². The van der Waals surface area contributed by atoms with Crippen molar-refractivity contribution in [2.45, 2.75) is 0 Å². The van der Waals surface area contributed by atoms with Crippen LogP contribution in [0.5, 0.6) is 23.0 Å². The van der Waals surface area contributed by atoms with Crippen LogP contribution >= 0.6 is 0 Å². The van der Waals surface area contributed by atoms with Gasteiger partial charge in [0.15, 0.2) is 17.3 Å². The maximum atomic E-state index is 5.68. The summed E-state index contributed by atoms with van der Waals surface area (Å²) >= 11 is 0. The molecule has 1 aromatic heterocycles. The lowest BCUT2D eigenvalue weighted by Crippen LogP contribution is -2.13. The lowest BCUT2D eigenvalue weighted by Gasteiger charge is -2.11. The van der Waals surface area contributed by atoms with Gasteiger partial charge in [0.05, 0.1) is 34.1 Å². The Balaban J connectivity index is 1.52. The van der Waals surface area contributed by atoms with Gasteiger partial charge in [0.25, 0.3) is 0 Å². The zero-order chi connectivity index (χ0) is 20.5. The fourth-order valence-corrected chi connectivity index (χ4v) is 2.50. The van der Waals surface area contributed by atoms with Crippen molar-refractivity contribution >= 4 is 17.5 Å². The normalized spacial score (nSPS) is 10.2. The van der Waals surface area contributed by atoms with Crippen molar-refractivity contribution in [3.05, 3.63) is 48.7 Å². The Hall–Kier alpha value is -3.75. The van der Waals surface area contributed by atoms with Crippen molar-refractivity contribution in [1.82, 2.24) is 15.2 Å². The molecule has 2 aromatic carbocycles. The van der Waals surface area contributed by atoms with Crippen molar-refractivity contribution in [2.75, 3.05) is 45.1 Å². The van der Waals surface area contributed by atoms with E-state index in [-0.39, 0.29) is 0 Å². The van der Waals surface area contributed by atoms with Gasteiger partial charge in [-0.15, -0.1) is 5.10 Å². The van der Waals surface area contributed by atoms with E-state index in [0.717, 1.165) is 17.2 Å². The van der Waals surface area contributed by atoms with Crippen LogP contribution in [0.1, 0.15) is 0 Å². The van der Waals surface area contributed by atoms with Gasteiger partial charge in [-0.3, -0.25) is 0 Å². The zero-order valence-corrected chi connectivity index (χ0v) is 16.5. The molecule has 0 aliphatic carbocycles. The van der Waals surface area contributed by atoms with Gasteiger partial charge in [0.2, 0.25) is 5.95 Å². The lowest BCUT2D eigenvalue weighted by atomic mass is 10.3. The van der Waals surface area contributed by atoms with E-state index in [0.29, 0.717) is 36.4 Å². The lowest BCUT2D eigenvalue weighted by molar-refractivity contribution is 0.331. The molecule has 0 atom stereocenters. The molecule has 2 N–H and O–H groups in total. The Morgan fingerprint density at radius 2 is 1.62 bits per heavy atom. The average molecular weight is 397 g/mol. The van der Waals surface area contributed by atoms with Crippen molar-refractivity contribution in [3.63, 3.8) is 0 Å². The second-order valence-electron chi connectivity index (χ2n) is 5.81.